The third-order valence-electron chi connectivity index (χ3n) is 2.55. The molecule has 0 spiro atoms. The van der Waals surface area contributed by atoms with Crippen molar-refractivity contribution in [1.29, 1.82) is 0 Å². The number of carboxylic acids is 1. The van der Waals surface area contributed by atoms with Gasteiger partial charge in [0.25, 0.3) is 0 Å². The van der Waals surface area contributed by atoms with Crippen molar-refractivity contribution in [1.82, 2.24) is 0 Å². The minimum atomic E-state index is -4.37. The monoisotopic (exact) mass is 196 g/mol. The number of hydrogen-bond donors (Lipinski definition) is 1. The van der Waals surface area contributed by atoms with Gasteiger partial charge in [0.05, 0.1) is 11.8 Å². The summed E-state index contributed by atoms with van der Waals surface area (Å²) in [7, 11) is 0. The molecule has 0 aromatic heterocycles. The van der Waals surface area contributed by atoms with Crippen LogP contribution in [0.25, 0.3) is 0 Å². The summed E-state index contributed by atoms with van der Waals surface area (Å²) in [6.45, 7) is 0. The van der Waals surface area contributed by atoms with Gasteiger partial charge in [0, 0.05) is 0 Å². The first-order valence-electron chi connectivity index (χ1n) is 4.16. The van der Waals surface area contributed by atoms with Crippen LogP contribution in [0.2, 0.25) is 0 Å². The van der Waals surface area contributed by atoms with Crippen LogP contribution < -0.4 is 0 Å². The highest BCUT2D eigenvalue weighted by atomic mass is 19.4. The molecule has 2 nitrogen and oxygen atoms in total. The van der Waals surface area contributed by atoms with E-state index < -0.39 is 24.0 Å². The molecule has 13 heavy (non-hydrogen) atoms. The zero-order chi connectivity index (χ0) is 10.1. The number of alkyl halides is 3. The zero-order valence-electron chi connectivity index (χ0n) is 7.02. The summed E-state index contributed by atoms with van der Waals surface area (Å²) in [5, 5.41) is 8.73. The van der Waals surface area contributed by atoms with Crippen molar-refractivity contribution in [3.8, 4) is 0 Å². The van der Waals surface area contributed by atoms with Crippen LogP contribution in [0.4, 0.5) is 13.2 Å². The topological polar surface area (TPSA) is 37.3 Å². The summed E-state index contributed by atoms with van der Waals surface area (Å²) in [4.78, 5) is 10.7. The quantitative estimate of drug-likeness (QED) is 0.736. The Morgan fingerprint density at radius 3 is 2.08 bits per heavy atom. The normalized spacial score (nSPS) is 21.8. The van der Waals surface area contributed by atoms with E-state index in [1.54, 1.807) is 0 Å². The highest BCUT2D eigenvalue weighted by molar-refractivity contribution is 5.75. The van der Waals surface area contributed by atoms with Crippen molar-refractivity contribution in [3.05, 3.63) is 0 Å². The molecule has 5 heteroatoms. The second-order valence-electron chi connectivity index (χ2n) is 3.58. The Hall–Kier alpha value is -0.740. The molecule has 0 radical (unpaired) electrons. The van der Waals surface area contributed by atoms with Gasteiger partial charge in [0.15, 0.2) is 0 Å². The molecule has 0 heterocycles. The van der Waals surface area contributed by atoms with E-state index in [-0.39, 0.29) is 12.8 Å². The number of aliphatic carboxylic acids is 1. The Labute approximate surface area is 73.7 Å². The van der Waals surface area contributed by atoms with E-state index in [4.69, 9.17) is 5.11 Å². The smallest absolute Gasteiger partial charge is 0.390 e. The summed E-state index contributed by atoms with van der Waals surface area (Å²) in [5.41, 5.74) is -1.53. The van der Waals surface area contributed by atoms with Crippen LogP contribution in [0.1, 0.15) is 32.1 Å². The van der Waals surface area contributed by atoms with Gasteiger partial charge < -0.3 is 5.11 Å². The van der Waals surface area contributed by atoms with Crippen LogP contribution in [-0.2, 0) is 4.79 Å². The molecule has 1 saturated carbocycles. The Kier molecular flexibility index (Phi) is 2.54. The molecule has 0 unspecified atom stereocenters. The van der Waals surface area contributed by atoms with E-state index >= 15 is 0 Å². The number of halogens is 3. The maximum atomic E-state index is 12.0. The average Bonchev–Trinajstić information content (AvgIpc) is 2.33. The molecule has 1 rings (SSSR count). The lowest BCUT2D eigenvalue weighted by molar-refractivity contribution is -0.178. The Balaban J connectivity index is 2.74. The summed E-state index contributed by atoms with van der Waals surface area (Å²) in [6, 6.07) is 0. The summed E-state index contributed by atoms with van der Waals surface area (Å²) in [5.74, 6) is -1.30. The molecular weight excluding hydrogens is 185 g/mol. The molecule has 1 aliphatic carbocycles. The summed E-state index contributed by atoms with van der Waals surface area (Å²) in [6.07, 6.45) is -4.08. The second kappa shape index (κ2) is 3.20. The van der Waals surface area contributed by atoms with E-state index in [1.165, 1.54) is 0 Å². The van der Waals surface area contributed by atoms with Crippen molar-refractivity contribution in [2.45, 2.75) is 38.3 Å². The van der Waals surface area contributed by atoms with Crippen LogP contribution in [-0.4, -0.2) is 17.3 Å². The van der Waals surface area contributed by atoms with Gasteiger partial charge in [-0.25, -0.2) is 0 Å². The van der Waals surface area contributed by atoms with Crippen LogP contribution in [0, 0.1) is 5.41 Å². The number of rotatable bonds is 2. The lowest BCUT2D eigenvalue weighted by Gasteiger charge is -2.24. The van der Waals surface area contributed by atoms with E-state index in [9.17, 15) is 18.0 Å². The fourth-order valence-electron chi connectivity index (χ4n) is 1.90. The highest BCUT2D eigenvalue weighted by Crippen LogP contribution is 2.46. The average molecular weight is 196 g/mol. The molecule has 0 bridgehead atoms. The number of carbonyl (C=O) groups is 1. The van der Waals surface area contributed by atoms with Crippen molar-refractivity contribution in [3.63, 3.8) is 0 Å². The SMILES string of the molecule is O=C(O)C1(CC(F)(F)F)CCCC1. The van der Waals surface area contributed by atoms with Crippen LogP contribution in [0.15, 0.2) is 0 Å². The molecule has 0 amide bonds. The first kappa shape index (κ1) is 10.3. The first-order valence-corrected chi connectivity index (χ1v) is 4.16. The fourth-order valence-corrected chi connectivity index (χ4v) is 1.90. The van der Waals surface area contributed by atoms with Crippen molar-refractivity contribution < 1.29 is 23.1 Å². The van der Waals surface area contributed by atoms with Gasteiger partial charge in [-0.05, 0) is 12.8 Å². The van der Waals surface area contributed by atoms with Crippen LogP contribution in [0.5, 0.6) is 0 Å². The van der Waals surface area contributed by atoms with Crippen LogP contribution >= 0.6 is 0 Å². The lowest BCUT2D eigenvalue weighted by atomic mass is 9.82. The molecular formula is C8H11F3O2. The molecule has 76 valence electrons. The summed E-state index contributed by atoms with van der Waals surface area (Å²) < 4.78 is 36.1. The van der Waals surface area contributed by atoms with Gasteiger partial charge in [-0.3, -0.25) is 4.79 Å². The van der Waals surface area contributed by atoms with Crippen molar-refractivity contribution in [2.75, 3.05) is 0 Å². The highest BCUT2D eigenvalue weighted by Gasteiger charge is 2.49. The molecule has 0 atom stereocenters. The van der Waals surface area contributed by atoms with Gasteiger partial charge in [0.1, 0.15) is 0 Å². The third kappa shape index (κ3) is 2.35. The Morgan fingerprint density at radius 1 is 1.31 bits per heavy atom. The predicted molar refractivity (Wildman–Crippen MR) is 39.2 cm³/mol. The van der Waals surface area contributed by atoms with E-state index in [1.807, 2.05) is 0 Å². The van der Waals surface area contributed by atoms with Crippen LogP contribution in [0.3, 0.4) is 0 Å². The minimum Gasteiger partial charge on any atom is -0.481 e. The fraction of sp³-hybridized carbons (Fsp3) is 0.875. The van der Waals surface area contributed by atoms with Gasteiger partial charge >= 0.3 is 12.1 Å². The maximum absolute atomic E-state index is 12.0. The molecule has 0 aliphatic heterocycles. The summed E-state index contributed by atoms with van der Waals surface area (Å²) >= 11 is 0. The van der Waals surface area contributed by atoms with Crippen molar-refractivity contribution >= 4 is 5.97 Å². The third-order valence-corrected chi connectivity index (χ3v) is 2.55. The molecule has 1 fully saturated rings. The van der Waals surface area contributed by atoms with E-state index in [2.05, 4.69) is 0 Å². The molecule has 0 aromatic rings. The largest absolute Gasteiger partial charge is 0.481 e. The molecule has 1 N–H and O–H groups in total. The van der Waals surface area contributed by atoms with Crippen molar-refractivity contribution in [2.24, 2.45) is 5.41 Å². The van der Waals surface area contributed by atoms with E-state index in [0.29, 0.717) is 12.8 Å². The standard InChI is InChI=1S/C8H11F3O2/c9-8(10,11)5-7(6(12)13)3-1-2-4-7/h1-5H2,(H,12,13). The predicted octanol–water partition coefficient (Wildman–Crippen LogP) is 2.58. The van der Waals surface area contributed by atoms with E-state index in [0.717, 1.165) is 0 Å². The van der Waals surface area contributed by atoms with Gasteiger partial charge in [-0.15, -0.1) is 0 Å². The van der Waals surface area contributed by atoms with Gasteiger partial charge in [0.2, 0.25) is 0 Å². The minimum absolute atomic E-state index is 0.155. The Bertz CT molecular complexity index is 204. The first-order chi connectivity index (χ1) is 5.86. The number of carboxylic acid groups (broad SMARTS) is 1. The second-order valence-corrected chi connectivity index (χ2v) is 3.58. The molecule has 0 aromatic carbocycles. The van der Waals surface area contributed by atoms with Gasteiger partial charge in [-0.2, -0.15) is 13.2 Å². The number of hydrogen-bond acceptors (Lipinski definition) is 1. The Morgan fingerprint density at radius 2 is 1.77 bits per heavy atom. The lowest BCUT2D eigenvalue weighted by Crippen LogP contribution is -2.33. The van der Waals surface area contributed by atoms with Gasteiger partial charge in [-0.1, -0.05) is 12.8 Å². The molecule has 0 saturated heterocycles. The molecule has 1 aliphatic rings. The maximum Gasteiger partial charge on any atom is 0.390 e. The zero-order valence-corrected chi connectivity index (χ0v) is 7.02.